The zero-order valence-electron chi connectivity index (χ0n) is 10.4. The molecule has 0 atom stereocenters. The summed E-state index contributed by atoms with van der Waals surface area (Å²) in [6.07, 6.45) is 5.17. The molecule has 0 saturated heterocycles. The van der Waals surface area contributed by atoms with E-state index in [-0.39, 0.29) is 11.9 Å². The number of carbonyl (C=O) groups excluding carboxylic acids is 1. The Hall–Kier alpha value is -1.61. The third kappa shape index (κ3) is 2.71. The lowest BCUT2D eigenvalue weighted by atomic mass is 9.92. The predicted octanol–water partition coefficient (Wildman–Crippen LogP) is 3.52. The van der Waals surface area contributed by atoms with E-state index in [4.69, 9.17) is 16.4 Å². The average Bonchev–Trinajstić information content (AvgIpc) is 3.26. The normalized spacial score (nSPS) is 18.6. The van der Waals surface area contributed by atoms with Crippen LogP contribution in [-0.4, -0.2) is 12.2 Å². The van der Waals surface area contributed by atoms with Crippen molar-refractivity contribution in [3.8, 4) is 0 Å². The molecule has 4 heteroatoms. The summed E-state index contributed by atoms with van der Waals surface area (Å²) in [6, 6.07) is 8.06. The van der Waals surface area contributed by atoms with Crippen LogP contribution in [0.25, 0.3) is 5.03 Å². The van der Waals surface area contributed by atoms with Crippen LogP contribution in [-0.2, 0) is 16.1 Å². The monoisotopic (exact) mass is 275 g/mol. The average molecular weight is 276 g/mol. The first-order valence-electron chi connectivity index (χ1n) is 6.47. The van der Waals surface area contributed by atoms with Crippen LogP contribution < -0.4 is 0 Å². The van der Waals surface area contributed by atoms with E-state index < -0.39 is 0 Å². The van der Waals surface area contributed by atoms with Crippen molar-refractivity contribution in [1.82, 2.24) is 0 Å². The Balaban J connectivity index is 1.74. The van der Waals surface area contributed by atoms with Gasteiger partial charge in [0.2, 0.25) is 0 Å². The molecule has 0 heterocycles. The molecule has 0 unspecified atom stereocenters. The highest BCUT2D eigenvalue weighted by Crippen LogP contribution is 2.33. The minimum Gasteiger partial charge on any atom is -0.318 e. The molecule has 98 valence electrons. The number of rotatable bonds is 3. The predicted molar refractivity (Wildman–Crippen MR) is 74.8 cm³/mol. The van der Waals surface area contributed by atoms with Crippen molar-refractivity contribution in [1.29, 1.82) is 0 Å². The van der Waals surface area contributed by atoms with Crippen molar-refractivity contribution in [3.63, 3.8) is 0 Å². The van der Waals surface area contributed by atoms with E-state index in [0.29, 0.717) is 5.03 Å². The highest BCUT2D eigenvalue weighted by atomic mass is 35.5. The van der Waals surface area contributed by atoms with Gasteiger partial charge in [-0.15, -0.1) is 0 Å². The highest BCUT2D eigenvalue weighted by Gasteiger charge is 2.31. The van der Waals surface area contributed by atoms with Gasteiger partial charge in [0.25, 0.3) is 0 Å². The summed E-state index contributed by atoms with van der Waals surface area (Å²) >= 11 is 6.35. The molecule has 0 spiro atoms. The Morgan fingerprint density at radius 2 is 2.11 bits per heavy atom. The number of allylic oxidation sites excluding steroid dienone is 1. The fourth-order valence-corrected chi connectivity index (χ4v) is 2.49. The number of benzene rings is 1. The Bertz CT molecular complexity index is 573. The number of nitrogens with zero attached hydrogens (tertiary/aromatic N) is 1. The van der Waals surface area contributed by atoms with Crippen molar-refractivity contribution >= 4 is 28.8 Å². The molecular weight excluding hydrogens is 262 g/mol. The van der Waals surface area contributed by atoms with Gasteiger partial charge in [0, 0.05) is 0 Å². The Morgan fingerprint density at radius 3 is 2.89 bits per heavy atom. The first-order valence-corrected chi connectivity index (χ1v) is 6.84. The van der Waals surface area contributed by atoms with Gasteiger partial charge in [0.05, 0.1) is 17.2 Å². The number of halogens is 1. The molecule has 0 aromatic heterocycles. The lowest BCUT2D eigenvalue weighted by molar-refractivity contribution is -0.145. The summed E-state index contributed by atoms with van der Waals surface area (Å²) in [5.74, 6) is -0.169. The lowest BCUT2D eigenvalue weighted by Gasteiger charge is -2.16. The van der Waals surface area contributed by atoms with Gasteiger partial charge in [-0.1, -0.05) is 41.0 Å². The molecule has 1 fully saturated rings. The number of carbonyl (C=O) groups is 1. The molecule has 0 N–H and O–H groups in total. The second kappa shape index (κ2) is 5.17. The van der Waals surface area contributed by atoms with Gasteiger partial charge in [-0.2, -0.15) is 0 Å². The van der Waals surface area contributed by atoms with Crippen LogP contribution in [0.15, 0.2) is 35.0 Å². The fraction of sp³-hybridized carbons (Fsp3) is 0.333. The molecule has 1 aromatic rings. The second-order valence-electron chi connectivity index (χ2n) is 4.92. The van der Waals surface area contributed by atoms with Crippen molar-refractivity contribution in [2.24, 2.45) is 11.1 Å². The number of oxime groups is 1. The van der Waals surface area contributed by atoms with Crippen LogP contribution in [0.5, 0.6) is 0 Å². The third-order valence-electron chi connectivity index (χ3n) is 3.46. The van der Waals surface area contributed by atoms with Gasteiger partial charge in [0.15, 0.2) is 0 Å². The number of aryl methyl sites for hydroxylation is 1. The summed E-state index contributed by atoms with van der Waals surface area (Å²) in [7, 11) is 0. The SMILES string of the molecule is O=C(ON=CC1=C(Cl)c2ccccc2CC1)C1CC1. The van der Waals surface area contributed by atoms with E-state index in [1.54, 1.807) is 6.21 Å². The van der Waals surface area contributed by atoms with E-state index in [1.807, 2.05) is 18.2 Å². The maximum absolute atomic E-state index is 11.3. The first-order chi connectivity index (χ1) is 9.25. The molecule has 2 aliphatic carbocycles. The van der Waals surface area contributed by atoms with E-state index in [2.05, 4.69) is 11.2 Å². The largest absolute Gasteiger partial charge is 0.338 e. The van der Waals surface area contributed by atoms with Gasteiger partial charge >= 0.3 is 5.97 Å². The van der Waals surface area contributed by atoms with E-state index >= 15 is 0 Å². The number of hydrogen-bond donors (Lipinski definition) is 0. The van der Waals surface area contributed by atoms with Crippen LogP contribution in [0, 0.1) is 5.92 Å². The number of fused-ring (bicyclic) bond motifs is 1. The highest BCUT2D eigenvalue weighted by molar-refractivity contribution is 6.50. The van der Waals surface area contributed by atoms with E-state index in [1.165, 1.54) is 5.56 Å². The van der Waals surface area contributed by atoms with Crippen molar-refractivity contribution in [3.05, 3.63) is 41.0 Å². The molecule has 3 nitrogen and oxygen atoms in total. The maximum Gasteiger partial charge on any atom is 0.338 e. The Labute approximate surface area is 116 Å². The molecule has 0 bridgehead atoms. The molecular formula is C15H14ClNO2. The van der Waals surface area contributed by atoms with Crippen molar-refractivity contribution < 1.29 is 9.63 Å². The molecule has 1 saturated carbocycles. The smallest absolute Gasteiger partial charge is 0.318 e. The molecule has 0 radical (unpaired) electrons. The first kappa shape index (κ1) is 12.4. The number of hydrogen-bond acceptors (Lipinski definition) is 3. The zero-order valence-corrected chi connectivity index (χ0v) is 11.2. The van der Waals surface area contributed by atoms with Crippen LogP contribution in [0.1, 0.15) is 30.4 Å². The van der Waals surface area contributed by atoms with Gasteiger partial charge < -0.3 is 4.84 Å². The summed E-state index contributed by atoms with van der Waals surface area (Å²) in [5.41, 5.74) is 3.22. The minimum absolute atomic E-state index is 0.0636. The van der Waals surface area contributed by atoms with Crippen LogP contribution in [0.2, 0.25) is 0 Å². The summed E-state index contributed by atoms with van der Waals surface area (Å²) in [5, 5.41) is 4.46. The van der Waals surface area contributed by atoms with Crippen LogP contribution in [0.4, 0.5) is 0 Å². The fourth-order valence-electron chi connectivity index (χ4n) is 2.16. The Morgan fingerprint density at radius 1 is 1.32 bits per heavy atom. The van der Waals surface area contributed by atoms with Crippen LogP contribution in [0.3, 0.4) is 0 Å². The topological polar surface area (TPSA) is 38.7 Å². The van der Waals surface area contributed by atoms with Crippen molar-refractivity contribution in [2.45, 2.75) is 25.7 Å². The quantitative estimate of drug-likeness (QED) is 0.481. The van der Waals surface area contributed by atoms with E-state index in [0.717, 1.165) is 36.8 Å². The lowest BCUT2D eigenvalue weighted by Crippen LogP contribution is -2.05. The minimum atomic E-state index is -0.232. The molecule has 3 rings (SSSR count). The molecule has 2 aliphatic rings. The third-order valence-corrected chi connectivity index (χ3v) is 3.91. The second-order valence-corrected chi connectivity index (χ2v) is 5.29. The zero-order chi connectivity index (χ0) is 13.2. The van der Waals surface area contributed by atoms with Crippen molar-refractivity contribution in [2.75, 3.05) is 0 Å². The van der Waals surface area contributed by atoms with Gasteiger partial charge in [-0.25, -0.2) is 4.79 Å². The molecule has 0 aliphatic heterocycles. The van der Waals surface area contributed by atoms with E-state index in [9.17, 15) is 4.79 Å². The van der Waals surface area contributed by atoms with Crippen LogP contribution >= 0.6 is 11.6 Å². The van der Waals surface area contributed by atoms with Gasteiger partial charge in [-0.3, -0.25) is 0 Å². The van der Waals surface area contributed by atoms with Gasteiger partial charge in [-0.05, 0) is 42.4 Å². The summed E-state index contributed by atoms with van der Waals surface area (Å²) < 4.78 is 0. The molecule has 0 amide bonds. The molecule has 1 aromatic carbocycles. The summed E-state index contributed by atoms with van der Waals surface area (Å²) in [4.78, 5) is 16.2. The Kier molecular flexibility index (Phi) is 3.38. The van der Waals surface area contributed by atoms with Gasteiger partial charge in [0.1, 0.15) is 0 Å². The maximum atomic E-state index is 11.3. The summed E-state index contributed by atoms with van der Waals surface area (Å²) in [6.45, 7) is 0. The molecule has 19 heavy (non-hydrogen) atoms. The standard InChI is InChI=1S/C15H14ClNO2/c16-14-12(9-17-19-15(18)11-6-7-11)8-5-10-3-1-2-4-13(10)14/h1-4,9,11H,5-8H2.